The molecule has 0 aliphatic carbocycles. The fourth-order valence-corrected chi connectivity index (χ4v) is 3.17. The molecule has 1 atom stereocenters. The summed E-state index contributed by atoms with van der Waals surface area (Å²) < 4.78 is 44.5. The lowest BCUT2D eigenvalue weighted by Gasteiger charge is -2.29. The van der Waals surface area contributed by atoms with Gasteiger partial charge in [-0.05, 0) is 50.9 Å². The number of ether oxygens (including phenoxy) is 1. The first kappa shape index (κ1) is 28.4. The molecule has 0 spiro atoms. The van der Waals surface area contributed by atoms with Crippen LogP contribution in [0.4, 0.5) is 30.6 Å². The van der Waals surface area contributed by atoms with E-state index in [2.05, 4.69) is 15.3 Å². The first-order valence-corrected chi connectivity index (χ1v) is 10.2. The van der Waals surface area contributed by atoms with E-state index in [9.17, 15) is 23.2 Å². The fourth-order valence-electron chi connectivity index (χ4n) is 3.17. The highest BCUT2D eigenvalue weighted by molar-refractivity contribution is 5.97. The van der Waals surface area contributed by atoms with Gasteiger partial charge in [0.2, 0.25) is 17.7 Å². The summed E-state index contributed by atoms with van der Waals surface area (Å²) in [6.07, 6.45) is -3.06. The van der Waals surface area contributed by atoms with E-state index in [1.807, 2.05) is 6.07 Å². The van der Waals surface area contributed by atoms with Gasteiger partial charge in [-0.15, -0.1) is 0 Å². The summed E-state index contributed by atoms with van der Waals surface area (Å²) in [4.78, 5) is 22.6. The molecular formula is C22H30F3N7O2. The Labute approximate surface area is 196 Å². The van der Waals surface area contributed by atoms with Crippen LogP contribution in [0.2, 0.25) is 0 Å². The van der Waals surface area contributed by atoms with Crippen molar-refractivity contribution < 1.29 is 22.7 Å². The maximum absolute atomic E-state index is 13.1. The van der Waals surface area contributed by atoms with Crippen LogP contribution < -0.4 is 26.4 Å². The van der Waals surface area contributed by atoms with E-state index in [4.69, 9.17) is 16.2 Å². The minimum Gasteiger partial charge on any atom is -0.477 e. The van der Waals surface area contributed by atoms with Gasteiger partial charge in [0, 0.05) is 12.7 Å². The number of unbranched alkanes of at least 4 members (excludes halogenated alkanes) is 1. The number of amides is 1. The second kappa shape index (κ2) is 12.6. The Balaban J connectivity index is 0.00000578. The third kappa shape index (κ3) is 7.21. The average Bonchev–Trinajstić information content (AvgIpc) is 2.75. The Morgan fingerprint density at radius 1 is 1.32 bits per heavy atom. The number of carbonyl (C=O) groups is 1. The summed E-state index contributed by atoms with van der Waals surface area (Å²) >= 11 is 0. The number of nitrogens with zero attached hydrogens (tertiary/aromatic N) is 4. The standard InChI is InChI=1S/C21H26F3N7O2.CH4/c1-3-33-19-15(12-26)17(29-20(27)30-19)31(2)16(9-4-5-10-25)18(32)28-14-8-6-7-13(11-14)21(22,23)24;/h6-8,11,16H,3-5,9-10,25H2,1-2H3,(H,28,32)(H2,27,29,30);1H4/t16-;/m0./s1. The number of benzene rings is 1. The van der Waals surface area contributed by atoms with Crippen LogP contribution in [0.15, 0.2) is 24.3 Å². The molecule has 0 aliphatic rings. The van der Waals surface area contributed by atoms with Gasteiger partial charge in [-0.25, -0.2) is 0 Å². The molecule has 12 heteroatoms. The van der Waals surface area contributed by atoms with Crippen LogP contribution in [0.1, 0.15) is 44.7 Å². The van der Waals surface area contributed by atoms with Gasteiger partial charge >= 0.3 is 6.18 Å². The smallest absolute Gasteiger partial charge is 0.416 e. The summed E-state index contributed by atoms with van der Waals surface area (Å²) in [5, 5.41) is 12.2. The number of nitrogen functional groups attached to an aromatic ring is 1. The molecule has 0 saturated carbocycles. The molecule has 0 unspecified atom stereocenters. The normalized spacial score (nSPS) is 11.7. The first-order chi connectivity index (χ1) is 15.6. The Morgan fingerprint density at radius 2 is 2.03 bits per heavy atom. The van der Waals surface area contributed by atoms with Crippen molar-refractivity contribution in [3.63, 3.8) is 0 Å². The number of hydrogen-bond acceptors (Lipinski definition) is 8. The van der Waals surface area contributed by atoms with Crippen LogP contribution in [0.25, 0.3) is 0 Å². The molecule has 34 heavy (non-hydrogen) atoms. The minimum absolute atomic E-state index is 0. The van der Waals surface area contributed by atoms with E-state index in [1.165, 1.54) is 24.1 Å². The molecule has 1 heterocycles. The van der Waals surface area contributed by atoms with Crippen molar-refractivity contribution in [1.29, 1.82) is 5.26 Å². The summed E-state index contributed by atoms with van der Waals surface area (Å²) in [6, 6.07) is 5.42. The molecule has 1 aromatic heterocycles. The van der Waals surface area contributed by atoms with Gasteiger partial charge in [0.05, 0.1) is 12.2 Å². The predicted octanol–water partition coefficient (Wildman–Crippen LogP) is 3.56. The predicted molar refractivity (Wildman–Crippen MR) is 124 cm³/mol. The van der Waals surface area contributed by atoms with Crippen molar-refractivity contribution in [3.8, 4) is 11.9 Å². The van der Waals surface area contributed by atoms with Crippen LogP contribution >= 0.6 is 0 Å². The summed E-state index contributed by atoms with van der Waals surface area (Å²) in [5.74, 6) is -0.676. The van der Waals surface area contributed by atoms with Crippen LogP contribution in [-0.4, -0.2) is 42.1 Å². The molecule has 5 N–H and O–H groups in total. The number of aromatic nitrogens is 2. The molecule has 0 fully saturated rings. The second-order valence-corrected chi connectivity index (χ2v) is 7.11. The van der Waals surface area contributed by atoms with Gasteiger partial charge < -0.3 is 26.4 Å². The van der Waals surface area contributed by atoms with Gasteiger partial charge in [0.15, 0.2) is 11.4 Å². The number of likely N-dealkylation sites (N-methyl/N-ethyl adjacent to an activating group) is 1. The monoisotopic (exact) mass is 481 g/mol. The molecule has 9 nitrogen and oxygen atoms in total. The van der Waals surface area contributed by atoms with Crippen molar-refractivity contribution in [2.45, 2.75) is 45.8 Å². The molecule has 0 bridgehead atoms. The zero-order chi connectivity index (χ0) is 24.6. The SMILES string of the molecule is C.CCOc1nc(N)nc(N(C)[C@@H](CCCCN)C(=O)Nc2cccc(C(F)(F)F)c2)c1C#N. The number of nitrogens with two attached hydrogens (primary N) is 2. The molecule has 2 aromatic rings. The van der Waals surface area contributed by atoms with E-state index >= 15 is 0 Å². The molecule has 0 radical (unpaired) electrons. The van der Waals surface area contributed by atoms with E-state index in [1.54, 1.807) is 6.92 Å². The number of nitriles is 1. The maximum Gasteiger partial charge on any atom is 0.416 e. The van der Waals surface area contributed by atoms with Crippen molar-refractivity contribution in [2.24, 2.45) is 5.73 Å². The molecular weight excluding hydrogens is 451 g/mol. The lowest BCUT2D eigenvalue weighted by atomic mass is 10.1. The number of nitrogens with one attached hydrogen (secondary N) is 1. The van der Waals surface area contributed by atoms with Crippen molar-refractivity contribution in [2.75, 3.05) is 36.1 Å². The highest BCUT2D eigenvalue weighted by Gasteiger charge is 2.32. The first-order valence-electron chi connectivity index (χ1n) is 10.2. The number of halogens is 3. The molecule has 1 amide bonds. The zero-order valence-corrected chi connectivity index (χ0v) is 18.3. The molecule has 0 saturated heterocycles. The van der Waals surface area contributed by atoms with Crippen LogP contribution in [0, 0.1) is 11.3 Å². The van der Waals surface area contributed by atoms with Crippen molar-refractivity contribution in [1.82, 2.24) is 9.97 Å². The molecule has 1 aromatic carbocycles. The van der Waals surface area contributed by atoms with E-state index in [-0.39, 0.29) is 42.9 Å². The summed E-state index contributed by atoms with van der Waals surface area (Å²) in [7, 11) is 1.54. The van der Waals surface area contributed by atoms with Crippen LogP contribution in [0.5, 0.6) is 5.88 Å². The van der Waals surface area contributed by atoms with Crippen molar-refractivity contribution in [3.05, 3.63) is 35.4 Å². The average molecular weight is 482 g/mol. The lowest BCUT2D eigenvalue weighted by Crippen LogP contribution is -2.43. The van der Waals surface area contributed by atoms with E-state index < -0.39 is 23.7 Å². The summed E-state index contributed by atoms with van der Waals surface area (Å²) in [6.45, 7) is 2.34. The van der Waals surface area contributed by atoms with Crippen LogP contribution in [0.3, 0.4) is 0 Å². The Bertz CT molecular complexity index is 1010. The third-order valence-corrected chi connectivity index (χ3v) is 4.76. The minimum atomic E-state index is -4.55. The molecule has 0 aliphatic heterocycles. The molecule has 2 rings (SSSR count). The maximum atomic E-state index is 13.1. The van der Waals surface area contributed by atoms with Gasteiger partial charge in [-0.1, -0.05) is 13.5 Å². The second-order valence-electron chi connectivity index (χ2n) is 7.11. The third-order valence-electron chi connectivity index (χ3n) is 4.76. The number of hydrogen-bond donors (Lipinski definition) is 3. The van der Waals surface area contributed by atoms with E-state index in [0.29, 0.717) is 25.8 Å². The topological polar surface area (TPSA) is 143 Å². The van der Waals surface area contributed by atoms with E-state index in [0.717, 1.165) is 12.1 Å². The van der Waals surface area contributed by atoms with Gasteiger partial charge in [0.25, 0.3) is 0 Å². The fraction of sp³-hybridized carbons (Fsp3) is 0.455. The highest BCUT2D eigenvalue weighted by Crippen LogP contribution is 2.31. The quantitative estimate of drug-likeness (QED) is 0.437. The Morgan fingerprint density at radius 3 is 2.62 bits per heavy atom. The Kier molecular flexibility index (Phi) is 10.5. The number of carbonyl (C=O) groups excluding carboxylic acids is 1. The largest absolute Gasteiger partial charge is 0.477 e. The Hall–Kier alpha value is -3.59. The summed E-state index contributed by atoms with van der Waals surface area (Å²) in [5.41, 5.74) is 10.4. The number of alkyl halides is 3. The number of rotatable bonds is 10. The van der Waals surface area contributed by atoms with Crippen molar-refractivity contribution >= 4 is 23.4 Å². The van der Waals surface area contributed by atoms with Gasteiger partial charge in [-0.2, -0.15) is 28.4 Å². The highest BCUT2D eigenvalue weighted by atomic mass is 19.4. The zero-order valence-electron chi connectivity index (χ0n) is 18.3. The lowest BCUT2D eigenvalue weighted by molar-refractivity contribution is -0.137. The molecule has 186 valence electrons. The van der Waals surface area contributed by atoms with Gasteiger partial charge in [0.1, 0.15) is 12.1 Å². The number of anilines is 3. The van der Waals surface area contributed by atoms with Gasteiger partial charge in [-0.3, -0.25) is 4.79 Å². The van der Waals surface area contributed by atoms with Crippen LogP contribution in [-0.2, 0) is 11.0 Å².